The molecular formula is C23H18N2O. The number of hydrogen-bond donors (Lipinski definition) is 2. The zero-order valence-electron chi connectivity index (χ0n) is 14.3. The standard InChI is InChI=1S/C23H18N2O/c26-23-15(11-17-13-24-21-7-3-1-5-19(17)21)9-10-16(23)12-18-14-25-22-8-4-2-6-20(18)22/h1-8,11-14,24-25H,9-10H2/b15-11-,16-12-. The molecule has 5 rings (SSSR count). The highest BCUT2D eigenvalue weighted by molar-refractivity contribution is 6.16. The van der Waals surface area contributed by atoms with E-state index in [0.717, 1.165) is 56.9 Å². The van der Waals surface area contributed by atoms with E-state index in [1.807, 2.05) is 48.8 Å². The number of carbonyl (C=O) groups is 1. The topological polar surface area (TPSA) is 48.6 Å². The van der Waals surface area contributed by atoms with Gasteiger partial charge >= 0.3 is 0 Å². The molecule has 0 bridgehead atoms. The van der Waals surface area contributed by atoms with Gasteiger partial charge in [0.1, 0.15) is 0 Å². The van der Waals surface area contributed by atoms with E-state index >= 15 is 0 Å². The minimum atomic E-state index is 0.167. The van der Waals surface area contributed by atoms with Crippen molar-refractivity contribution in [3.8, 4) is 0 Å². The fourth-order valence-electron chi connectivity index (χ4n) is 3.78. The van der Waals surface area contributed by atoms with Crippen molar-refractivity contribution in [1.29, 1.82) is 0 Å². The molecule has 0 spiro atoms. The summed E-state index contributed by atoms with van der Waals surface area (Å²) in [7, 11) is 0. The van der Waals surface area contributed by atoms with E-state index in [-0.39, 0.29) is 5.78 Å². The number of allylic oxidation sites excluding steroid dienone is 2. The first-order valence-corrected chi connectivity index (χ1v) is 8.88. The average molecular weight is 338 g/mol. The summed E-state index contributed by atoms with van der Waals surface area (Å²) in [6.07, 6.45) is 9.63. The van der Waals surface area contributed by atoms with Crippen LogP contribution in [0.25, 0.3) is 34.0 Å². The molecule has 0 aliphatic heterocycles. The second kappa shape index (κ2) is 5.88. The number of benzene rings is 2. The Morgan fingerprint density at radius 1 is 0.692 bits per heavy atom. The first-order valence-electron chi connectivity index (χ1n) is 8.88. The fraction of sp³-hybridized carbons (Fsp3) is 0.0870. The zero-order valence-corrected chi connectivity index (χ0v) is 14.3. The van der Waals surface area contributed by atoms with E-state index in [2.05, 4.69) is 34.2 Å². The third kappa shape index (κ3) is 2.40. The number of hydrogen-bond acceptors (Lipinski definition) is 1. The van der Waals surface area contributed by atoms with Gasteiger partial charge in [-0.05, 0) is 37.1 Å². The normalized spacial score (nSPS) is 17.9. The molecule has 0 atom stereocenters. The lowest BCUT2D eigenvalue weighted by Gasteiger charge is -1.97. The highest BCUT2D eigenvalue weighted by Gasteiger charge is 2.23. The molecule has 1 fully saturated rings. The van der Waals surface area contributed by atoms with Crippen LogP contribution in [0.15, 0.2) is 72.1 Å². The number of aromatic nitrogens is 2. The Bertz CT molecular complexity index is 1110. The van der Waals surface area contributed by atoms with E-state index in [0.29, 0.717) is 0 Å². The van der Waals surface area contributed by atoms with Crippen molar-refractivity contribution in [2.45, 2.75) is 12.8 Å². The molecular weight excluding hydrogens is 320 g/mol. The van der Waals surface area contributed by atoms with E-state index < -0.39 is 0 Å². The molecule has 2 aromatic heterocycles. The molecule has 2 N–H and O–H groups in total. The Morgan fingerprint density at radius 3 is 1.65 bits per heavy atom. The molecule has 3 nitrogen and oxygen atoms in total. The molecule has 126 valence electrons. The number of carbonyl (C=O) groups excluding carboxylic acids is 1. The van der Waals surface area contributed by atoms with Crippen LogP contribution in [0, 0.1) is 0 Å². The molecule has 0 amide bonds. The van der Waals surface area contributed by atoms with Crippen molar-refractivity contribution in [3.05, 3.63) is 83.2 Å². The van der Waals surface area contributed by atoms with Crippen molar-refractivity contribution in [2.24, 2.45) is 0 Å². The molecule has 26 heavy (non-hydrogen) atoms. The van der Waals surface area contributed by atoms with Gasteiger partial charge in [0.2, 0.25) is 0 Å². The van der Waals surface area contributed by atoms with Gasteiger partial charge in [-0.1, -0.05) is 36.4 Å². The number of aromatic amines is 2. The summed E-state index contributed by atoms with van der Waals surface area (Å²) in [4.78, 5) is 19.4. The molecule has 1 aliphatic rings. The van der Waals surface area contributed by atoms with Gasteiger partial charge < -0.3 is 9.97 Å². The third-order valence-electron chi connectivity index (χ3n) is 5.15. The summed E-state index contributed by atoms with van der Waals surface area (Å²) in [5.74, 6) is 0.167. The van der Waals surface area contributed by atoms with Crippen LogP contribution in [0.2, 0.25) is 0 Å². The summed E-state index contributed by atoms with van der Waals surface area (Å²) < 4.78 is 0. The predicted octanol–water partition coefficient (Wildman–Crippen LogP) is 5.48. The Labute approximate surface area is 151 Å². The predicted molar refractivity (Wildman–Crippen MR) is 107 cm³/mol. The van der Waals surface area contributed by atoms with Gasteiger partial charge in [-0.15, -0.1) is 0 Å². The van der Waals surface area contributed by atoms with Crippen LogP contribution in [0.3, 0.4) is 0 Å². The second-order valence-electron chi connectivity index (χ2n) is 6.75. The number of H-pyrrole nitrogens is 2. The summed E-state index contributed by atoms with van der Waals surface area (Å²) in [6, 6.07) is 16.3. The molecule has 0 radical (unpaired) electrons. The van der Waals surface area contributed by atoms with Gasteiger partial charge in [-0.2, -0.15) is 0 Å². The molecule has 0 unspecified atom stereocenters. The van der Waals surface area contributed by atoms with E-state index in [4.69, 9.17) is 0 Å². The van der Waals surface area contributed by atoms with Crippen LogP contribution in [-0.4, -0.2) is 15.8 Å². The first-order chi connectivity index (χ1) is 12.8. The maximum atomic E-state index is 12.9. The lowest BCUT2D eigenvalue weighted by molar-refractivity contribution is -0.111. The van der Waals surface area contributed by atoms with Crippen LogP contribution in [-0.2, 0) is 4.79 Å². The number of fused-ring (bicyclic) bond motifs is 2. The van der Waals surface area contributed by atoms with E-state index in [1.165, 1.54) is 0 Å². The fourth-order valence-corrected chi connectivity index (χ4v) is 3.78. The molecule has 0 saturated heterocycles. The van der Waals surface area contributed by atoms with Crippen LogP contribution < -0.4 is 0 Å². The largest absolute Gasteiger partial charge is 0.361 e. The van der Waals surface area contributed by atoms with Gasteiger partial charge in [0.05, 0.1) is 0 Å². The Morgan fingerprint density at radius 2 is 1.15 bits per heavy atom. The van der Waals surface area contributed by atoms with Crippen LogP contribution in [0.4, 0.5) is 0 Å². The SMILES string of the molecule is O=C1/C(=C\c2c[nH]c3ccccc23)CC/C1=C/c1c[nH]c2ccccc12. The number of ketones is 1. The highest BCUT2D eigenvalue weighted by atomic mass is 16.1. The Balaban J connectivity index is 1.50. The number of Topliss-reactive ketones (excluding diaryl/α,β-unsaturated/α-hetero) is 1. The summed E-state index contributed by atoms with van der Waals surface area (Å²) in [5.41, 5.74) is 6.13. The van der Waals surface area contributed by atoms with Crippen molar-refractivity contribution >= 4 is 39.7 Å². The number of rotatable bonds is 2. The second-order valence-corrected chi connectivity index (χ2v) is 6.75. The molecule has 2 heterocycles. The maximum absolute atomic E-state index is 12.9. The Hall–Kier alpha value is -3.33. The van der Waals surface area contributed by atoms with Crippen molar-refractivity contribution in [3.63, 3.8) is 0 Å². The summed E-state index contributed by atoms with van der Waals surface area (Å²) in [5, 5.41) is 2.31. The lowest BCUT2D eigenvalue weighted by Crippen LogP contribution is -1.95. The van der Waals surface area contributed by atoms with Gasteiger partial charge in [0.25, 0.3) is 0 Å². The lowest BCUT2D eigenvalue weighted by atomic mass is 10.1. The first kappa shape index (κ1) is 15.0. The van der Waals surface area contributed by atoms with Crippen LogP contribution >= 0.6 is 0 Å². The van der Waals surface area contributed by atoms with Crippen molar-refractivity contribution in [1.82, 2.24) is 9.97 Å². The molecule has 3 heteroatoms. The van der Waals surface area contributed by atoms with Crippen LogP contribution in [0.5, 0.6) is 0 Å². The minimum Gasteiger partial charge on any atom is -0.361 e. The third-order valence-corrected chi connectivity index (χ3v) is 5.15. The molecule has 1 aliphatic carbocycles. The van der Waals surface area contributed by atoms with Crippen molar-refractivity contribution in [2.75, 3.05) is 0 Å². The van der Waals surface area contributed by atoms with Gasteiger partial charge in [-0.25, -0.2) is 0 Å². The molecule has 2 aromatic carbocycles. The van der Waals surface area contributed by atoms with Gasteiger partial charge in [0, 0.05) is 56.5 Å². The Kier molecular flexibility index (Phi) is 3.39. The van der Waals surface area contributed by atoms with Gasteiger partial charge in [0.15, 0.2) is 5.78 Å². The summed E-state index contributed by atoms with van der Waals surface area (Å²) >= 11 is 0. The quantitative estimate of drug-likeness (QED) is 0.467. The monoisotopic (exact) mass is 338 g/mol. The zero-order chi connectivity index (χ0) is 17.5. The minimum absolute atomic E-state index is 0.167. The molecule has 1 saturated carbocycles. The highest BCUT2D eigenvalue weighted by Crippen LogP contribution is 2.32. The van der Waals surface area contributed by atoms with Gasteiger partial charge in [-0.3, -0.25) is 4.79 Å². The summed E-state index contributed by atoms with van der Waals surface area (Å²) in [6.45, 7) is 0. The maximum Gasteiger partial charge on any atom is 0.185 e. The van der Waals surface area contributed by atoms with E-state index in [1.54, 1.807) is 0 Å². The van der Waals surface area contributed by atoms with Crippen LogP contribution in [0.1, 0.15) is 24.0 Å². The van der Waals surface area contributed by atoms with Crippen molar-refractivity contribution < 1.29 is 4.79 Å². The number of nitrogens with one attached hydrogen (secondary N) is 2. The van der Waals surface area contributed by atoms with E-state index in [9.17, 15) is 4.79 Å². The molecule has 4 aromatic rings. The average Bonchev–Trinajstić information content (AvgIpc) is 3.36. The smallest absolute Gasteiger partial charge is 0.185 e. The number of para-hydroxylation sites is 2.